The third-order valence-electron chi connectivity index (χ3n) is 1.74. The number of aromatic nitrogens is 4. The molecular weight excluding hydrogens is 166 g/mol. The molecule has 0 bridgehead atoms. The van der Waals surface area contributed by atoms with E-state index in [9.17, 15) is 0 Å². The Morgan fingerprint density at radius 1 is 1.31 bits per heavy atom. The molecule has 66 valence electrons. The average molecular weight is 175 g/mol. The molecular formula is C8H9N5. The number of aryl methyl sites for hydroxylation is 1. The normalized spacial score (nSPS) is 10.2. The summed E-state index contributed by atoms with van der Waals surface area (Å²) in [7, 11) is 1.90. The van der Waals surface area contributed by atoms with Crippen LogP contribution in [0.4, 0.5) is 5.82 Å². The topological polar surface area (TPSA) is 69.6 Å². The SMILES string of the molecule is Cn1ccnc1-c1ccc(N)nn1. The molecule has 0 atom stereocenters. The largest absolute Gasteiger partial charge is 0.382 e. The van der Waals surface area contributed by atoms with Crippen LogP contribution in [-0.2, 0) is 7.05 Å². The van der Waals surface area contributed by atoms with E-state index >= 15 is 0 Å². The number of anilines is 1. The quantitative estimate of drug-likeness (QED) is 0.683. The Balaban J connectivity index is 2.47. The Kier molecular flexibility index (Phi) is 1.70. The van der Waals surface area contributed by atoms with Gasteiger partial charge in [-0.2, -0.15) is 0 Å². The molecule has 2 rings (SSSR count). The summed E-state index contributed by atoms with van der Waals surface area (Å²) in [4.78, 5) is 4.14. The summed E-state index contributed by atoms with van der Waals surface area (Å²) >= 11 is 0. The first-order valence-electron chi connectivity index (χ1n) is 3.84. The van der Waals surface area contributed by atoms with Gasteiger partial charge in [0.15, 0.2) is 5.82 Å². The van der Waals surface area contributed by atoms with Gasteiger partial charge in [-0.3, -0.25) is 0 Å². The van der Waals surface area contributed by atoms with Crippen molar-refractivity contribution in [2.45, 2.75) is 0 Å². The van der Waals surface area contributed by atoms with Crippen molar-refractivity contribution in [2.75, 3.05) is 5.73 Å². The first-order valence-corrected chi connectivity index (χ1v) is 3.84. The fourth-order valence-electron chi connectivity index (χ4n) is 1.07. The third-order valence-corrected chi connectivity index (χ3v) is 1.74. The Bertz CT molecular complexity index is 403. The van der Waals surface area contributed by atoms with E-state index in [1.54, 1.807) is 18.3 Å². The van der Waals surface area contributed by atoms with Crippen LogP contribution in [0.2, 0.25) is 0 Å². The van der Waals surface area contributed by atoms with Crippen LogP contribution in [-0.4, -0.2) is 19.7 Å². The van der Waals surface area contributed by atoms with Gasteiger partial charge < -0.3 is 10.3 Å². The highest BCUT2D eigenvalue weighted by atomic mass is 15.2. The summed E-state index contributed by atoms with van der Waals surface area (Å²) < 4.78 is 1.88. The average Bonchev–Trinajstić information content (AvgIpc) is 2.53. The second-order valence-electron chi connectivity index (χ2n) is 2.71. The molecule has 0 aliphatic carbocycles. The highest BCUT2D eigenvalue weighted by Gasteiger charge is 2.03. The van der Waals surface area contributed by atoms with Crippen molar-refractivity contribution in [3.05, 3.63) is 24.5 Å². The first-order chi connectivity index (χ1) is 6.27. The van der Waals surface area contributed by atoms with Crippen LogP contribution in [0, 0.1) is 0 Å². The Morgan fingerprint density at radius 3 is 2.69 bits per heavy atom. The Labute approximate surface area is 75.2 Å². The van der Waals surface area contributed by atoms with E-state index in [0.29, 0.717) is 5.82 Å². The standard InChI is InChI=1S/C8H9N5/c1-13-5-4-10-8(13)6-2-3-7(9)12-11-6/h2-5H,1H3,(H2,9,12). The van der Waals surface area contributed by atoms with Gasteiger partial charge in [0.2, 0.25) is 0 Å². The van der Waals surface area contributed by atoms with Gasteiger partial charge in [-0.25, -0.2) is 4.98 Å². The first kappa shape index (κ1) is 7.72. The van der Waals surface area contributed by atoms with Gasteiger partial charge in [0.05, 0.1) is 0 Å². The number of nitrogens with two attached hydrogens (primary N) is 1. The summed E-state index contributed by atoms with van der Waals surface area (Å²) in [6.45, 7) is 0. The molecule has 0 aromatic carbocycles. The zero-order chi connectivity index (χ0) is 9.26. The number of nitrogen functional groups attached to an aromatic ring is 1. The molecule has 2 aromatic rings. The van der Waals surface area contributed by atoms with Crippen molar-refractivity contribution >= 4 is 5.82 Å². The fourth-order valence-corrected chi connectivity index (χ4v) is 1.07. The van der Waals surface area contributed by atoms with E-state index in [0.717, 1.165) is 11.5 Å². The van der Waals surface area contributed by atoms with Gasteiger partial charge in [0, 0.05) is 19.4 Å². The molecule has 2 heterocycles. The summed E-state index contributed by atoms with van der Waals surface area (Å²) in [6, 6.07) is 3.50. The lowest BCUT2D eigenvalue weighted by Crippen LogP contribution is -1.97. The van der Waals surface area contributed by atoms with Crippen molar-refractivity contribution in [1.82, 2.24) is 19.7 Å². The Morgan fingerprint density at radius 2 is 2.15 bits per heavy atom. The minimum atomic E-state index is 0.415. The van der Waals surface area contributed by atoms with Crippen molar-refractivity contribution < 1.29 is 0 Å². The number of imidazole rings is 1. The van der Waals surface area contributed by atoms with Crippen molar-refractivity contribution in [2.24, 2.45) is 7.05 Å². The molecule has 0 saturated heterocycles. The van der Waals surface area contributed by atoms with Gasteiger partial charge in [-0.05, 0) is 12.1 Å². The molecule has 0 spiro atoms. The van der Waals surface area contributed by atoms with Crippen LogP contribution in [0.1, 0.15) is 0 Å². The lowest BCUT2D eigenvalue weighted by Gasteiger charge is -1.99. The molecule has 13 heavy (non-hydrogen) atoms. The Hall–Kier alpha value is -1.91. The number of hydrogen-bond acceptors (Lipinski definition) is 4. The fraction of sp³-hybridized carbons (Fsp3) is 0.125. The lowest BCUT2D eigenvalue weighted by atomic mass is 10.3. The van der Waals surface area contributed by atoms with Crippen LogP contribution < -0.4 is 5.73 Å². The van der Waals surface area contributed by atoms with Crippen molar-refractivity contribution in [3.8, 4) is 11.5 Å². The van der Waals surface area contributed by atoms with E-state index in [1.165, 1.54) is 0 Å². The molecule has 0 saturated carbocycles. The predicted molar refractivity (Wildman–Crippen MR) is 48.6 cm³/mol. The van der Waals surface area contributed by atoms with Crippen LogP contribution >= 0.6 is 0 Å². The van der Waals surface area contributed by atoms with Gasteiger partial charge >= 0.3 is 0 Å². The molecule has 0 unspecified atom stereocenters. The van der Waals surface area contributed by atoms with Gasteiger partial charge in [0.25, 0.3) is 0 Å². The van der Waals surface area contributed by atoms with Crippen molar-refractivity contribution in [3.63, 3.8) is 0 Å². The zero-order valence-electron chi connectivity index (χ0n) is 7.18. The minimum absolute atomic E-state index is 0.415. The summed E-state index contributed by atoms with van der Waals surface area (Å²) in [5.41, 5.74) is 6.14. The van der Waals surface area contributed by atoms with E-state index in [1.807, 2.05) is 17.8 Å². The van der Waals surface area contributed by atoms with E-state index in [-0.39, 0.29) is 0 Å². The predicted octanol–water partition coefficient (Wildman–Crippen LogP) is 0.459. The maximum atomic E-state index is 5.42. The highest BCUT2D eigenvalue weighted by molar-refractivity contribution is 5.50. The monoisotopic (exact) mass is 175 g/mol. The lowest BCUT2D eigenvalue weighted by molar-refractivity contribution is 0.905. The van der Waals surface area contributed by atoms with Gasteiger partial charge in [-0.1, -0.05) is 0 Å². The third kappa shape index (κ3) is 1.35. The van der Waals surface area contributed by atoms with Gasteiger partial charge in [0.1, 0.15) is 11.5 Å². The minimum Gasteiger partial charge on any atom is -0.382 e. The number of nitrogens with zero attached hydrogens (tertiary/aromatic N) is 4. The zero-order valence-corrected chi connectivity index (χ0v) is 7.18. The molecule has 5 heteroatoms. The molecule has 0 radical (unpaired) electrons. The van der Waals surface area contributed by atoms with E-state index in [4.69, 9.17) is 5.73 Å². The maximum Gasteiger partial charge on any atom is 0.160 e. The second kappa shape index (κ2) is 2.85. The second-order valence-corrected chi connectivity index (χ2v) is 2.71. The summed E-state index contributed by atoms with van der Waals surface area (Å²) in [5.74, 6) is 1.20. The van der Waals surface area contributed by atoms with Crippen LogP contribution in [0.5, 0.6) is 0 Å². The van der Waals surface area contributed by atoms with E-state index < -0.39 is 0 Å². The highest BCUT2D eigenvalue weighted by Crippen LogP contribution is 2.12. The van der Waals surface area contributed by atoms with Crippen LogP contribution in [0.3, 0.4) is 0 Å². The number of rotatable bonds is 1. The molecule has 0 aliphatic heterocycles. The van der Waals surface area contributed by atoms with Crippen molar-refractivity contribution in [1.29, 1.82) is 0 Å². The summed E-state index contributed by atoms with van der Waals surface area (Å²) in [6.07, 6.45) is 3.57. The molecule has 5 nitrogen and oxygen atoms in total. The van der Waals surface area contributed by atoms with Crippen LogP contribution in [0.25, 0.3) is 11.5 Å². The smallest absolute Gasteiger partial charge is 0.160 e. The molecule has 2 N–H and O–H groups in total. The molecule has 0 amide bonds. The molecule has 2 aromatic heterocycles. The molecule has 0 aliphatic rings. The summed E-state index contributed by atoms with van der Waals surface area (Å²) in [5, 5.41) is 7.67. The van der Waals surface area contributed by atoms with Crippen LogP contribution in [0.15, 0.2) is 24.5 Å². The van der Waals surface area contributed by atoms with Gasteiger partial charge in [-0.15, -0.1) is 10.2 Å². The number of hydrogen-bond donors (Lipinski definition) is 1. The maximum absolute atomic E-state index is 5.42. The van der Waals surface area contributed by atoms with E-state index in [2.05, 4.69) is 15.2 Å². The molecule has 0 fully saturated rings.